The molecule has 10 heteroatoms. The molecule has 1 aliphatic rings. The molecule has 4 N–H and O–H groups in total. The molecule has 0 unspecified atom stereocenters. The number of nitrogens with zero attached hydrogens (tertiary/aromatic N) is 6. The number of halogens is 1. The molecule has 31 heavy (non-hydrogen) atoms. The van der Waals surface area contributed by atoms with E-state index in [2.05, 4.69) is 30.6 Å². The summed E-state index contributed by atoms with van der Waals surface area (Å²) < 4.78 is 1.80. The van der Waals surface area contributed by atoms with Crippen LogP contribution in [-0.2, 0) is 0 Å². The van der Waals surface area contributed by atoms with Crippen LogP contribution in [-0.4, -0.2) is 41.6 Å². The molecule has 4 heterocycles. The zero-order valence-corrected chi connectivity index (χ0v) is 17.5. The predicted octanol–water partition coefficient (Wildman–Crippen LogP) is 3.66. The third kappa shape index (κ3) is 4.28. The van der Waals surface area contributed by atoms with E-state index in [0.717, 1.165) is 48.4 Å². The molecule has 158 valence electrons. The average Bonchev–Trinajstić information content (AvgIpc) is 3.21. The lowest BCUT2D eigenvalue weighted by Crippen LogP contribution is -2.33. The Morgan fingerprint density at radius 2 is 1.77 bits per heavy atom. The van der Waals surface area contributed by atoms with E-state index in [4.69, 9.17) is 22.4 Å². The molecule has 0 saturated heterocycles. The Morgan fingerprint density at radius 1 is 0.968 bits per heavy atom. The van der Waals surface area contributed by atoms with Crippen LogP contribution in [0.15, 0.2) is 49.1 Å². The number of rotatable bonds is 5. The first kappa shape index (κ1) is 19.7. The maximum Gasteiger partial charge on any atom is 0.228 e. The molecule has 9 nitrogen and oxygen atoms in total. The van der Waals surface area contributed by atoms with Crippen molar-refractivity contribution in [3.05, 3.63) is 54.1 Å². The molecule has 0 amide bonds. The molecular weight excluding hydrogens is 414 g/mol. The van der Waals surface area contributed by atoms with Crippen molar-refractivity contribution in [3.63, 3.8) is 0 Å². The number of anilines is 3. The molecule has 1 fully saturated rings. The summed E-state index contributed by atoms with van der Waals surface area (Å²) >= 11 is 6.13. The van der Waals surface area contributed by atoms with E-state index in [1.807, 2.05) is 12.1 Å². The van der Waals surface area contributed by atoms with Crippen LogP contribution < -0.4 is 16.4 Å². The summed E-state index contributed by atoms with van der Waals surface area (Å²) in [5, 5.41) is 11.8. The van der Waals surface area contributed by atoms with E-state index in [1.54, 1.807) is 41.4 Å². The van der Waals surface area contributed by atoms with Crippen molar-refractivity contribution in [2.24, 2.45) is 5.73 Å². The highest BCUT2D eigenvalue weighted by Gasteiger charge is 2.19. The van der Waals surface area contributed by atoms with Gasteiger partial charge in [-0.2, -0.15) is 0 Å². The van der Waals surface area contributed by atoms with Gasteiger partial charge in [0.05, 0.1) is 16.9 Å². The number of nitrogens with two attached hydrogens (primary N) is 1. The Morgan fingerprint density at radius 3 is 2.55 bits per heavy atom. The second kappa shape index (κ2) is 8.44. The SMILES string of the molecule is NC1CCC(Nc2ccc3ncc(-c4cnc(Nc5ncccc5Cl)nc4)n3n2)CC1. The minimum absolute atomic E-state index is 0.319. The normalized spacial score (nSPS) is 18.8. The van der Waals surface area contributed by atoms with Crippen LogP contribution in [0.1, 0.15) is 25.7 Å². The van der Waals surface area contributed by atoms with Crippen LogP contribution in [0.5, 0.6) is 0 Å². The molecule has 0 bridgehead atoms. The fourth-order valence-corrected chi connectivity index (χ4v) is 3.90. The van der Waals surface area contributed by atoms with Crippen molar-refractivity contribution < 1.29 is 0 Å². The number of aromatic nitrogens is 6. The summed E-state index contributed by atoms with van der Waals surface area (Å²) in [6, 6.07) is 8.14. The molecule has 0 aliphatic heterocycles. The van der Waals surface area contributed by atoms with Crippen molar-refractivity contribution in [2.45, 2.75) is 37.8 Å². The van der Waals surface area contributed by atoms with Gasteiger partial charge in [-0.25, -0.2) is 24.5 Å². The van der Waals surface area contributed by atoms with Crippen molar-refractivity contribution in [2.75, 3.05) is 10.6 Å². The van der Waals surface area contributed by atoms with Crippen LogP contribution in [0, 0.1) is 0 Å². The molecule has 0 aromatic carbocycles. The van der Waals surface area contributed by atoms with Gasteiger partial charge in [0, 0.05) is 36.2 Å². The number of fused-ring (bicyclic) bond motifs is 1. The van der Waals surface area contributed by atoms with Crippen LogP contribution in [0.3, 0.4) is 0 Å². The minimum Gasteiger partial charge on any atom is -0.366 e. The summed E-state index contributed by atoms with van der Waals surface area (Å²) in [7, 11) is 0. The van der Waals surface area contributed by atoms with Crippen molar-refractivity contribution in [1.29, 1.82) is 0 Å². The van der Waals surface area contributed by atoms with Crippen molar-refractivity contribution in [1.82, 2.24) is 29.5 Å². The largest absolute Gasteiger partial charge is 0.366 e. The standard InChI is InChI=1S/C21H22ClN9/c22-16-2-1-9-24-20(16)29-21-26-10-13(11-27-21)17-12-25-19-8-7-18(30-31(17)19)28-15-5-3-14(23)4-6-15/h1-2,7-12,14-15H,3-6,23H2,(H,28,30)(H,24,26,27,29). The highest BCUT2D eigenvalue weighted by Crippen LogP contribution is 2.24. The lowest BCUT2D eigenvalue weighted by Gasteiger charge is -2.27. The zero-order valence-electron chi connectivity index (χ0n) is 16.7. The molecule has 0 radical (unpaired) electrons. The topological polar surface area (TPSA) is 119 Å². The van der Waals surface area contributed by atoms with Crippen molar-refractivity contribution in [3.8, 4) is 11.3 Å². The third-order valence-electron chi connectivity index (χ3n) is 5.42. The maximum atomic E-state index is 6.13. The summed E-state index contributed by atoms with van der Waals surface area (Å²) in [5.74, 6) is 1.73. The van der Waals surface area contributed by atoms with Gasteiger partial charge in [-0.05, 0) is 49.9 Å². The van der Waals surface area contributed by atoms with Gasteiger partial charge in [-0.3, -0.25) is 0 Å². The molecule has 1 aliphatic carbocycles. The summed E-state index contributed by atoms with van der Waals surface area (Å²) in [6.45, 7) is 0. The number of hydrogen-bond acceptors (Lipinski definition) is 8. The van der Waals surface area contributed by atoms with Crippen LogP contribution >= 0.6 is 11.6 Å². The molecule has 4 aromatic rings. The van der Waals surface area contributed by atoms with Gasteiger partial charge in [0.15, 0.2) is 11.5 Å². The first-order chi connectivity index (χ1) is 15.2. The summed E-state index contributed by atoms with van der Waals surface area (Å²) in [4.78, 5) is 17.4. The number of pyridine rings is 1. The monoisotopic (exact) mass is 435 g/mol. The van der Waals surface area contributed by atoms with E-state index in [-0.39, 0.29) is 0 Å². The van der Waals surface area contributed by atoms with Gasteiger partial charge in [0.25, 0.3) is 0 Å². The molecule has 1 saturated carbocycles. The van der Waals surface area contributed by atoms with E-state index >= 15 is 0 Å². The van der Waals surface area contributed by atoms with Gasteiger partial charge in [0.1, 0.15) is 5.82 Å². The lowest BCUT2D eigenvalue weighted by atomic mass is 9.92. The molecule has 0 atom stereocenters. The average molecular weight is 436 g/mol. The van der Waals surface area contributed by atoms with E-state index in [0.29, 0.717) is 28.9 Å². The molecular formula is C21H22ClN9. The van der Waals surface area contributed by atoms with E-state index in [9.17, 15) is 0 Å². The Kier molecular flexibility index (Phi) is 5.35. The minimum atomic E-state index is 0.319. The zero-order chi connectivity index (χ0) is 21.2. The van der Waals surface area contributed by atoms with Gasteiger partial charge in [-0.1, -0.05) is 11.6 Å². The number of hydrogen-bond donors (Lipinski definition) is 3. The van der Waals surface area contributed by atoms with Gasteiger partial charge in [0.2, 0.25) is 5.95 Å². The van der Waals surface area contributed by atoms with Crippen LogP contribution in [0.4, 0.5) is 17.6 Å². The fourth-order valence-electron chi connectivity index (χ4n) is 3.73. The van der Waals surface area contributed by atoms with Crippen LogP contribution in [0.25, 0.3) is 16.9 Å². The quantitative estimate of drug-likeness (QED) is 0.434. The Balaban J connectivity index is 1.36. The first-order valence-corrected chi connectivity index (χ1v) is 10.6. The molecule has 4 aromatic heterocycles. The number of nitrogens with one attached hydrogen (secondary N) is 2. The Labute approximate surface area is 184 Å². The Bertz CT molecular complexity index is 1180. The lowest BCUT2D eigenvalue weighted by molar-refractivity contribution is 0.410. The second-order valence-electron chi connectivity index (χ2n) is 7.64. The highest BCUT2D eigenvalue weighted by atomic mass is 35.5. The Hall–Kier alpha value is -3.30. The second-order valence-corrected chi connectivity index (χ2v) is 8.05. The highest BCUT2D eigenvalue weighted by molar-refractivity contribution is 6.32. The van der Waals surface area contributed by atoms with Gasteiger partial charge >= 0.3 is 0 Å². The smallest absolute Gasteiger partial charge is 0.228 e. The predicted molar refractivity (Wildman–Crippen MR) is 120 cm³/mol. The van der Waals surface area contributed by atoms with Gasteiger partial charge in [-0.15, -0.1) is 5.10 Å². The summed E-state index contributed by atoms with van der Waals surface area (Å²) in [5.41, 5.74) is 8.39. The molecule has 0 spiro atoms. The van der Waals surface area contributed by atoms with Crippen LogP contribution in [0.2, 0.25) is 5.02 Å². The van der Waals surface area contributed by atoms with Gasteiger partial charge < -0.3 is 16.4 Å². The third-order valence-corrected chi connectivity index (χ3v) is 5.73. The van der Waals surface area contributed by atoms with Crippen molar-refractivity contribution >= 4 is 34.8 Å². The number of imidazole rings is 1. The molecule has 5 rings (SSSR count). The fraction of sp³-hybridized carbons (Fsp3) is 0.286. The maximum absolute atomic E-state index is 6.13. The first-order valence-electron chi connectivity index (χ1n) is 10.2. The van der Waals surface area contributed by atoms with E-state index < -0.39 is 0 Å². The summed E-state index contributed by atoms with van der Waals surface area (Å²) in [6.07, 6.45) is 11.1. The van der Waals surface area contributed by atoms with E-state index in [1.165, 1.54) is 0 Å².